The number of fused-ring (bicyclic) bond motifs is 1. The van der Waals surface area contributed by atoms with Gasteiger partial charge >= 0.3 is 0 Å². The maximum Gasteiger partial charge on any atom is 0.274 e. The molecular weight excluding hydrogens is 448 g/mol. The molecule has 1 aliphatic carbocycles. The number of aromatic nitrogens is 4. The number of anilines is 1. The molecule has 3 heterocycles. The van der Waals surface area contributed by atoms with Crippen LogP contribution in [0.25, 0.3) is 10.2 Å². The van der Waals surface area contributed by atoms with Crippen LogP contribution < -0.4 is 5.32 Å². The Morgan fingerprint density at radius 3 is 2.88 bits per heavy atom. The van der Waals surface area contributed by atoms with Crippen molar-refractivity contribution in [1.82, 2.24) is 19.7 Å². The third kappa shape index (κ3) is 3.75. The Kier molecular flexibility index (Phi) is 5.63. The van der Waals surface area contributed by atoms with E-state index >= 15 is 0 Å². The maximum absolute atomic E-state index is 13.1. The summed E-state index contributed by atoms with van der Waals surface area (Å²) in [7, 11) is 1.92. The Hall–Kier alpha value is -3.61. The molecule has 172 valence electrons. The van der Waals surface area contributed by atoms with Crippen LogP contribution in [0.4, 0.5) is 5.69 Å². The van der Waals surface area contributed by atoms with Gasteiger partial charge in [0.25, 0.3) is 5.91 Å². The molecule has 0 aliphatic heterocycles. The summed E-state index contributed by atoms with van der Waals surface area (Å²) >= 11 is 1.50. The van der Waals surface area contributed by atoms with Crippen molar-refractivity contribution in [3.63, 3.8) is 0 Å². The van der Waals surface area contributed by atoms with Crippen LogP contribution in [0.1, 0.15) is 51.6 Å². The van der Waals surface area contributed by atoms with Crippen molar-refractivity contribution in [3.05, 3.63) is 70.2 Å². The summed E-state index contributed by atoms with van der Waals surface area (Å²) in [5, 5.41) is 31.2. The van der Waals surface area contributed by atoms with Gasteiger partial charge in [0.1, 0.15) is 22.7 Å². The van der Waals surface area contributed by atoms with Crippen LogP contribution in [0, 0.1) is 24.2 Å². The zero-order valence-electron chi connectivity index (χ0n) is 18.9. The number of aliphatic hydroxyl groups is 1. The number of aryl methyl sites for hydroxylation is 2. The number of amides is 1. The third-order valence-electron chi connectivity index (χ3n) is 6.58. The molecule has 34 heavy (non-hydrogen) atoms. The number of carbonyl (C=O) groups excluding carboxylic acids is 1. The number of hydrogen-bond acceptors (Lipinski definition) is 7. The fourth-order valence-electron chi connectivity index (χ4n) is 5.00. The lowest BCUT2D eigenvalue weighted by Gasteiger charge is -2.46. The van der Waals surface area contributed by atoms with Crippen LogP contribution in [0.15, 0.2) is 42.7 Å². The second-order valence-electron chi connectivity index (χ2n) is 8.92. The molecule has 1 fully saturated rings. The number of nitriles is 1. The topological polar surface area (TPSA) is 117 Å². The van der Waals surface area contributed by atoms with Gasteiger partial charge in [0.15, 0.2) is 0 Å². The highest BCUT2D eigenvalue weighted by Crippen LogP contribution is 2.53. The van der Waals surface area contributed by atoms with E-state index in [-0.39, 0.29) is 23.6 Å². The van der Waals surface area contributed by atoms with Gasteiger partial charge in [-0.2, -0.15) is 5.26 Å². The molecule has 0 spiro atoms. The van der Waals surface area contributed by atoms with Crippen LogP contribution in [0.5, 0.6) is 0 Å². The van der Waals surface area contributed by atoms with Gasteiger partial charge in [-0.25, -0.2) is 4.98 Å². The van der Waals surface area contributed by atoms with E-state index in [1.165, 1.54) is 11.3 Å². The van der Waals surface area contributed by atoms with Gasteiger partial charge in [-0.3, -0.25) is 4.79 Å². The molecule has 0 saturated heterocycles. The third-order valence-corrected chi connectivity index (χ3v) is 7.53. The van der Waals surface area contributed by atoms with Crippen LogP contribution in [-0.4, -0.2) is 30.8 Å². The molecule has 9 heteroatoms. The van der Waals surface area contributed by atoms with Crippen LogP contribution >= 0.6 is 11.3 Å². The highest BCUT2D eigenvalue weighted by atomic mass is 32.1. The number of rotatable bonds is 6. The van der Waals surface area contributed by atoms with Crippen molar-refractivity contribution >= 4 is 33.1 Å². The smallest absolute Gasteiger partial charge is 0.274 e. The molecule has 1 aliphatic rings. The predicted octanol–water partition coefficient (Wildman–Crippen LogP) is 4.09. The largest absolute Gasteiger partial charge is 0.392 e. The molecule has 1 aromatic carbocycles. The average molecular weight is 473 g/mol. The lowest BCUT2D eigenvalue weighted by molar-refractivity contribution is 0.102. The quantitative estimate of drug-likeness (QED) is 0.437. The zero-order chi connectivity index (χ0) is 23.9. The van der Waals surface area contributed by atoms with Gasteiger partial charge in [-0.1, -0.05) is 12.1 Å². The first kappa shape index (κ1) is 22.2. The SMILES string of the molecule is Cc1cc2c(CO)cc(C(=O)Nc3cccc(C4(c5nncn5C)CC(CC#N)C4)c3)nc2s1. The van der Waals surface area contributed by atoms with Crippen molar-refractivity contribution in [3.8, 4) is 6.07 Å². The van der Waals surface area contributed by atoms with Gasteiger partial charge in [0, 0.05) is 29.4 Å². The van der Waals surface area contributed by atoms with Crippen molar-refractivity contribution in [2.75, 3.05) is 5.32 Å². The first-order valence-corrected chi connectivity index (χ1v) is 11.9. The standard InChI is InChI=1S/C25H24N6O2S/c1-15-8-20-17(13-32)9-21(29-23(20)34-15)22(33)28-19-5-3-4-18(10-19)25(11-16(12-25)6-7-26)24-30-27-14-31(24)2/h3-5,8-10,14,16,32H,6,11-13H2,1-2H3,(H,28,33). The van der Waals surface area contributed by atoms with E-state index in [9.17, 15) is 9.90 Å². The number of carbonyl (C=O) groups is 1. The Morgan fingerprint density at radius 2 is 2.18 bits per heavy atom. The molecule has 0 bridgehead atoms. The fraction of sp³-hybridized carbons (Fsp3) is 0.320. The van der Waals surface area contributed by atoms with Crippen molar-refractivity contribution in [2.24, 2.45) is 13.0 Å². The van der Waals surface area contributed by atoms with Gasteiger partial charge in [-0.05, 0) is 61.1 Å². The van der Waals surface area contributed by atoms with E-state index in [1.807, 2.05) is 48.9 Å². The minimum atomic E-state index is -0.344. The van der Waals surface area contributed by atoms with Gasteiger partial charge in [0.2, 0.25) is 0 Å². The van der Waals surface area contributed by atoms with Crippen LogP contribution in [-0.2, 0) is 19.1 Å². The van der Waals surface area contributed by atoms with E-state index in [2.05, 4.69) is 26.6 Å². The summed E-state index contributed by atoms with van der Waals surface area (Å²) in [6.07, 6.45) is 3.81. The minimum Gasteiger partial charge on any atom is -0.392 e. The number of aliphatic hydroxyl groups excluding tert-OH is 1. The van der Waals surface area contributed by atoms with Gasteiger partial charge in [-0.15, -0.1) is 21.5 Å². The molecule has 8 nitrogen and oxygen atoms in total. The predicted molar refractivity (Wildman–Crippen MR) is 129 cm³/mol. The van der Waals surface area contributed by atoms with Crippen LogP contribution in [0.2, 0.25) is 0 Å². The Balaban J connectivity index is 1.45. The fourth-order valence-corrected chi connectivity index (χ4v) is 5.93. The van der Waals surface area contributed by atoms with E-state index in [1.54, 1.807) is 12.4 Å². The molecular formula is C25H24N6O2S. The molecule has 2 N–H and O–H groups in total. The number of nitrogens with zero attached hydrogens (tertiary/aromatic N) is 5. The summed E-state index contributed by atoms with van der Waals surface area (Å²) in [4.78, 5) is 19.4. The van der Waals surface area contributed by atoms with Crippen molar-refractivity contribution in [2.45, 2.75) is 38.2 Å². The van der Waals surface area contributed by atoms with E-state index in [0.717, 1.165) is 39.3 Å². The molecule has 5 rings (SSSR count). The summed E-state index contributed by atoms with van der Waals surface area (Å²) < 4.78 is 1.92. The summed E-state index contributed by atoms with van der Waals surface area (Å²) in [6, 6.07) is 13.7. The zero-order valence-corrected chi connectivity index (χ0v) is 19.8. The molecule has 3 aromatic heterocycles. The number of benzene rings is 1. The summed E-state index contributed by atoms with van der Waals surface area (Å²) in [5.74, 6) is 0.837. The van der Waals surface area contributed by atoms with E-state index in [0.29, 0.717) is 23.6 Å². The van der Waals surface area contributed by atoms with E-state index in [4.69, 9.17) is 5.26 Å². The number of thiophene rings is 1. The monoisotopic (exact) mass is 472 g/mol. The Bertz CT molecular complexity index is 1430. The molecule has 4 aromatic rings. The second-order valence-corrected chi connectivity index (χ2v) is 10.2. The molecule has 0 radical (unpaired) electrons. The lowest BCUT2D eigenvalue weighted by atomic mass is 9.57. The number of pyridine rings is 1. The molecule has 1 amide bonds. The summed E-state index contributed by atoms with van der Waals surface area (Å²) in [6.45, 7) is 1.82. The molecule has 0 atom stereocenters. The number of hydrogen-bond donors (Lipinski definition) is 2. The highest BCUT2D eigenvalue weighted by molar-refractivity contribution is 7.18. The summed E-state index contributed by atoms with van der Waals surface area (Å²) in [5.41, 5.74) is 2.30. The molecule has 0 unspecified atom stereocenters. The first-order chi connectivity index (χ1) is 16.4. The van der Waals surface area contributed by atoms with Crippen LogP contribution in [0.3, 0.4) is 0 Å². The van der Waals surface area contributed by atoms with Gasteiger partial charge in [0.05, 0.1) is 18.1 Å². The first-order valence-electron chi connectivity index (χ1n) is 11.1. The minimum absolute atomic E-state index is 0.158. The van der Waals surface area contributed by atoms with E-state index < -0.39 is 0 Å². The van der Waals surface area contributed by atoms with Crippen molar-refractivity contribution < 1.29 is 9.90 Å². The second kappa shape index (κ2) is 8.63. The molecule has 1 saturated carbocycles. The number of nitrogens with one attached hydrogen (secondary N) is 1. The van der Waals surface area contributed by atoms with Gasteiger partial charge < -0.3 is 15.0 Å². The maximum atomic E-state index is 13.1. The van der Waals surface area contributed by atoms with Crippen molar-refractivity contribution in [1.29, 1.82) is 5.26 Å². The lowest BCUT2D eigenvalue weighted by Crippen LogP contribution is -2.44. The average Bonchev–Trinajstić information content (AvgIpc) is 3.40. The normalized spacial score (nSPS) is 19.5. The Morgan fingerprint density at radius 1 is 1.35 bits per heavy atom. The highest BCUT2D eigenvalue weighted by Gasteiger charge is 2.49. The Labute approximate surface area is 200 Å².